The van der Waals surface area contributed by atoms with Crippen molar-refractivity contribution in [1.82, 2.24) is 0 Å². The van der Waals surface area contributed by atoms with Gasteiger partial charge in [0.05, 0.1) is 6.10 Å². The molecule has 1 saturated carbocycles. The highest BCUT2D eigenvalue weighted by Gasteiger charge is 2.32. The second-order valence-corrected chi connectivity index (χ2v) is 3.13. The molecule has 62 valence electrons. The molecule has 1 fully saturated rings. The molecule has 1 rings (SSSR count). The SMILES string of the molecule is C#CC1(O)CCCC(OC)C1. The van der Waals surface area contributed by atoms with Gasteiger partial charge in [0, 0.05) is 13.5 Å². The van der Waals surface area contributed by atoms with Crippen molar-refractivity contribution in [3.8, 4) is 12.3 Å². The van der Waals surface area contributed by atoms with Crippen molar-refractivity contribution < 1.29 is 9.84 Å². The third-order valence-electron chi connectivity index (χ3n) is 2.28. The fourth-order valence-electron chi connectivity index (χ4n) is 1.54. The predicted molar refractivity (Wildman–Crippen MR) is 43.0 cm³/mol. The topological polar surface area (TPSA) is 29.5 Å². The molecule has 0 spiro atoms. The number of hydrogen-bond acceptors (Lipinski definition) is 2. The van der Waals surface area contributed by atoms with Crippen LogP contribution in [0, 0.1) is 12.3 Å². The first-order valence-corrected chi connectivity index (χ1v) is 3.93. The van der Waals surface area contributed by atoms with Gasteiger partial charge < -0.3 is 9.84 Å². The molecule has 2 unspecified atom stereocenters. The summed E-state index contributed by atoms with van der Waals surface area (Å²) < 4.78 is 5.13. The molecule has 0 saturated heterocycles. The van der Waals surface area contributed by atoms with E-state index in [9.17, 15) is 5.11 Å². The van der Waals surface area contributed by atoms with Crippen LogP contribution in [0.5, 0.6) is 0 Å². The van der Waals surface area contributed by atoms with Crippen LogP contribution in [0.1, 0.15) is 25.7 Å². The lowest BCUT2D eigenvalue weighted by atomic mass is 9.84. The van der Waals surface area contributed by atoms with Crippen molar-refractivity contribution in [2.45, 2.75) is 37.4 Å². The minimum absolute atomic E-state index is 0.143. The highest BCUT2D eigenvalue weighted by molar-refractivity contribution is 5.09. The van der Waals surface area contributed by atoms with Crippen molar-refractivity contribution in [3.05, 3.63) is 0 Å². The largest absolute Gasteiger partial charge is 0.381 e. The van der Waals surface area contributed by atoms with E-state index in [1.807, 2.05) is 0 Å². The lowest BCUT2D eigenvalue weighted by molar-refractivity contribution is -0.0237. The molecule has 1 aliphatic rings. The van der Waals surface area contributed by atoms with E-state index in [0.717, 1.165) is 12.8 Å². The molecule has 2 nitrogen and oxygen atoms in total. The Bertz CT molecular complexity index is 171. The lowest BCUT2D eigenvalue weighted by Crippen LogP contribution is -2.36. The predicted octanol–water partition coefficient (Wildman–Crippen LogP) is 0.940. The fraction of sp³-hybridized carbons (Fsp3) is 0.778. The molecule has 1 aliphatic carbocycles. The Morgan fingerprint density at radius 3 is 3.00 bits per heavy atom. The van der Waals surface area contributed by atoms with Gasteiger partial charge in [0.15, 0.2) is 0 Å². The first-order chi connectivity index (χ1) is 5.20. The maximum atomic E-state index is 9.67. The number of terminal acetylenes is 1. The molecule has 0 aromatic heterocycles. The van der Waals surface area contributed by atoms with Gasteiger partial charge in [0.2, 0.25) is 0 Å². The number of hydrogen-bond donors (Lipinski definition) is 1. The molecule has 0 bridgehead atoms. The van der Waals surface area contributed by atoms with E-state index in [-0.39, 0.29) is 6.10 Å². The van der Waals surface area contributed by atoms with Crippen LogP contribution in [-0.4, -0.2) is 23.9 Å². The van der Waals surface area contributed by atoms with Gasteiger partial charge in [-0.3, -0.25) is 0 Å². The smallest absolute Gasteiger partial charge is 0.127 e. The molecule has 0 amide bonds. The van der Waals surface area contributed by atoms with Gasteiger partial charge in [-0.05, 0) is 19.3 Å². The Morgan fingerprint density at radius 2 is 2.45 bits per heavy atom. The molecule has 1 N–H and O–H groups in total. The molecule has 0 radical (unpaired) electrons. The van der Waals surface area contributed by atoms with Gasteiger partial charge in [-0.25, -0.2) is 0 Å². The summed E-state index contributed by atoms with van der Waals surface area (Å²) in [5, 5.41) is 9.67. The van der Waals surface area contributed by atoms with Crippen molar-refractivity contribution in [1.29, 1.82) is 0 Å². The Hall–Kier alpha value is -0.520. The summed E-state index contributed by atoms with van der Waals surface area (Å²) in [6, 6.07) is 0. The quantitative estimate of drug-likeness (QED) is 0.569. The number of methoxy groups -OCH3 is 1. The number of ether oxygens (including phenoxy) is 1. The van der Waals surface area contributed by atoms with E-state index in [0.29, 0.717) is 12.8 Å². The molecule has 0 heterocycles. The average molecular weight is 154 g/mol. The van der Waals surface area contributed by atoms with Crippen LogP contribution in [-0.2, 0) is 4.74 Å². The van der Waals surface area contributed by atoms with Gasteiger partial charge in [-0.1, -0.05) is 5.92 Å². The van der Waals surface area contributed by atoms with E-state index < -0.39 is 5.60 Å². The molecular formula is C9H14O2. The standard InChI is InChI=1S/C9H14O2/c1-3-9(10)6-4-5-8(7-9)11-2/h1,8,10H,4-7H2,2H3. The number of aliphatic hydroxyl groups is 1. The van der Waals surface area contributed by atoms with Crippen LogP contribution in [0.2, 0.25) is 0 Å². The van der Waals surface area contributed by atoms with Crippen LogP contribution in [0.4, 0.5) is 0 Å². The third-order valence-corrected chi connectivity index (χ3v) is 2.28. The Balaban J connectivity index is 2.53. The molecule has 0 aromatic rings. The van der Waals surface area contributed by atoms with E-state index >= 15 is 0 Å². The minimum Gasteiger partial charge on any atom is -0.381 e. The van der Waals surface area contributed by atoms with Crippen molar-refractivity contribution in [2.75, 3.05) is 7.11 Å². The van der Waals surface area contributed by atoms with Gasteiger partial charge in [-0.15, -0.1) is 6.42 Å². The lowest BCUT2D eigenvalue weighted by Gasteiger charge is -2.31. The van der Waals surface area contributed by atoms with Gasteiger partial charge in [0.1, 0.15) is 5.60 Å². The van der Waals surface area contributed by atoms with Crippen LogP contribution in [0.25, 0.3) is 0 Å². The maximum Gasteiger partial charge on any atom is 0.127 e. The van der Waals surface area contributed by atoms with Crippen molar-refractivity contribution >= 4 is 0 Å². The normalized spacial score (nSPS) is 38.1. The Morgan fingerprint density at radius 1 is 1.73 bits per heavy atom. The summed E-state index contributed by atoms with van der Waals surface area (Å²) in [4.78, 5) is 0. The van der Waals surface area contributed by atoms with E-state index in [4.69, 9.17) is 11.2 Å². The van der Waals surface area contributed by atoms with Crippen LogP contribution < -0.4 is 0 Å². The first kappa shape index (κ1) is 8.58. The molecule has 2 atom stereocenters. The maximum absolute atomic E-state index is 9.67. The second-order valence-electron chi connectivity index (χ2n) is 3.13. The van der Waals surface area contributed by atoms with E-state index in [2.05, 4.69) is 5.92 Å². The van der Waals surface area contributed by atoms with Gasteiger partial charge in [0.25, 0.3) is 0 Å². The highest BCUT2D eigenvalue weighted by Crippen LogP contribution is 2.28. The van der Waals surface area contributed by atoms with Gasteiger partial charge >= 0.3 is 0 Å². The molecule has 11 heavy (non-hydrogen) atoms. The van der Waals surface area contributed by atoms with Crippen molar-refractivity contribution in [2.24, 2.45) is 0 Å². The van der Waals surface area contributed by atoms with Crippen LogP contribution in [0.3, 0.4) is 0 Å². The minimum atomic E-state index is -0.904. The van der Waals surface area contributed by atoms with Crippen LogP contribution in [0.15, 0.2) is 0 Å². The summed E-state index contributed by atoms with van der Waals surface area (Å²) >= 11 is 0. The molecule has 0 aliphatic heterocycles. The number of rotatable bonds is 1. The monoisotopic (exact) mass is 154 g/mol. The van der Waals surface area contributed by atoms with Gasteiger partial charge in [-0.2, -0.15) is 0 Å². The molecule has 0 aromatic carbocycles. The summed E-state index contributed by atoms with van der Waals surface area (Å²) in [7, 11) is 1.66. The van der Waals surface area contributed by atoms with E-state index in [1.165, 1.54) is 0 Å². The Kier molecular flexibility index (Phi) is 2.53. The molecule has 2 heteroatoms. The first-order valence-electron chi connectivity index (χ1n) is 3.93. The second kappa shape index (κ2) is 3.25. The molecular weight excluding hydrogens is 140 g/mol. The Labute approximate surface area is 67.6 Å². The summed E-state index contributed by atoms with van der Waals surface area (Å²) in [5.41, 5.74) is -0.904. The summed E-state index contributed by atoms with van der Waals surface area (Å²) in [6.07, 6.45) is 8.61. The fourth-order valence-corrected chi connectivity index (χ4v) is 1.54. The third kappa shape index (κ3) is 1.95. The van der Waals surface area contributed by atoms with E-state index in [1.54, 1.807) is 7.11 Å². The summed E-state index contributed by atoms with van der Waals surface area (Å²) in [5.74, 6) is 2.42. The highest BCUT2D eigenvalue weighted by atomic mass is 16.5. The zero-order valence-electron chi connectivity index (χ0n) is 6.84. The van der Waals surface area contributed by atoms with Crippen LogP contribution >= 0.6 is 0 Å². The zero-order chi connectivity index (χ0) is 8.32. The average Bonchev–Trinajstić information content (AvgIpc) is 2.05. The summed E-state index contributed by atoms with van der Waals surface area (Å²) in [6.45, 7) is 0. The zero-order valence-corrected chi connectivity index (χ0v) is 6.84. The van der Waals surface area contributed by atoms with Crippen molar-refractivity contribution in [3.63, 3.8) is 0 Å².